The van der Waals surface area contributed by atoms with Crippen LogP contribution in [0, 0.1) is 0 Å². The average molecular weight is 359 g/mol. The number of hydrogen-bond acceptors (Lipinski definition) is 5. The lowest BCUT2D eigenvalue weighted by atomic mass is 9.99. The van der Waals surface area contributed by atoms with Crippen LogP contribution in [0.4, 0.5) is 5.69 Å². The maximum absolute atomic E-state index is 12.8. The first-order valence-electron chi connectivity index (χ1n) is 7.89. The molecular formula is C17H17N3O4S. The van der Waals surface area contributed by atoms with Gasteiger partial charge < -0.3 is 9.73 Å². The zero-order chi connectivity index (χ0) is 17.6. The van der Waals surface area contributed by atoms with Gasteiger partial charge in [0.15, 0.2) is 5.58 Å². The van der Waals surface area contributed by atoms with Crippen LogP contribution in [-0.4, -0.2) is 19.5 Å². The van der Waals surface area contributed by atoms with Gasteiger partial charge in [-0.15, -0.1) is 0 Å². The Morgan fingerprint density at radius 1 is 1.24 bits per heavy atom. The third-order valence-electron chi connectivity index (χ3n) is 4.46. The molecule has 0 unspecified atom stereocenters. The molecule has 2 N–H and O–H groups in total. The van der Waals surface area contributed by atoms with Crippen LogP contribution in [0.5, 0.6) is 0 Å². The maximum Gasteiger partial charge on any atom is 0.419 e. The summed E-state index contributed by atoms with van der Waals surface area (Å²) >= 11 is 0. The van der Waals surface area contributed by atoms with Gasteiger partial charge in [-0.2, -0.15) is 0 Å². The minimum atomic E-state index is -3.78. The van der Waals surface area contributed by atoms with Gasteiger partial charge in [0.25, 0.3) is 10.0 Å². The normalized spacial score (nSPS) is 14.4. The molecule has 1 aliphatic heterocycles. The van der Waals surface area contributed by atoms with Crippen molar-refractivity contribution in [2.24, 2.45) is 7.05 Å². The molecule has 1 aromatic heterocycles. The minimum absolute atomic E-state index is 0.0564. The zero-order valence-corrected chi connectivity index (χ0v) is 14.4. The van der Waals surface area contributed by atoms with Gasteiger partial charge in [-0.3, -0.25) is 9.29 Å². The van der Waals surface area contributed by atoms with E-state index in [4.69, 9.17) is 4.42 Å². The van der Waals surface area contributed by atoms with Crippen molar-refractivity contribution in [3.63, 3.8) is 0 Å². The molecule has 0 fully saturated rings. The average Bonchev–Trinajstić information content (AvgIpc) is 2.89. The van der Waals surface area contributed by atoms with E-state index in [9.17, 15) is 13.2 Å². The van der Waals surface area contributed by atoms with Gasteiger partial charge >= 0.3 is 5.76 Å². The number of benzene rings is 2. The number of hydrogen-bond donors (Lipinski definition) is 2. The molecule has 1 aliphatic rings. The number of aryl methyl sites for hydroxylation is 1. The van der Waals surface area contributed by atoms with Crippen molar-refractivity contribution in [1.29, 1.82) is 0 Å². The largest absolute Gasteiger partial charge is 0.419 e. The molecule has 3 aromatic rings. The monoisotopic (exact) mass is 359 g/mol. The van der Waals surface area contributed by atoms with Gasteiger partial charge in [0.1, 0.15) is 0 Å². The summed E-state index contributed by atoms with van der Waals surface area (Å²) in [6, 6.07) is 10.0. The molecule has 0 saturated carbocycles. The first-order chi connectivity index (χ1) is 12.0. The van der Waals surface area contributed by atoms with Gasteiger partial charge in [-0.05, 0) is 42.3 Å². The van der Waals surface area contributed by atoms with Crippen molar-refractivity contribution in [3.05, 3.63) is 58.1 Å². The van der Waals surface area contributed by atoms with Crippen molar-refractivity contribution in [2.45, 2.75) is 17.9 Å². The summed E-state index contributed by atoms with van der Waals surface area (Å²) < 4.78 is 34.6. The summed E-state index contributed by atoms with van der Waals surface area (Å²) in [7, 11) is -2.21. The lowest BCUT2D eigenvalue weighted by molar-refractivity contribution is 0.527. The molecule has 0 bridgehead atoms. The number of oxazole rings is 1. The number of aromatic nitrogens is 1. The third kappa shape index (κ3) is 2.73. The fraction of sp³-hybridized carbons (Fsp3) is 0.235. The van der Waals surface area contributed by atoms with Crippen LogP contribution in [0.2, 0.25) is 0 Å². The van der Waals surface area contributed by atoms with E-state index in [0.29, 0.717) is 11.2 Å². The first kappa shape index (κ1) is 15.9. The molecule has 25 heavy (non-hydrogen) atoms. The van der Waals surface area contributed by atoms with Crippen molar-refractivity contribution in [1.82, 2.24) is 9.88 Å². The highest BCUT2D eigenvalue weighted by atomic mass is 32.2. The standard InChI is InChI=1S/C17H17N3O4S/c1-20-15-6-5-12(9-16(15)24-17(20)21)25(22,23)19-14-4-2-3-11-10-18-8-7-13(11)14/h2-6,9,18-19H,7-8,10H2,1H3. The number of anilines is 1. The van der Waals surface area contributed by atoms with Gasteiger partial charge in [0.2, 0.25) is 0 Å². The summed E-state index contributed by atoms with van der Waals surface area (Å²) in [4.78, 5) is 11.6. The quantitative estimate of drug-likeness (QED) is 0.741. The van der Waals surface area contributed by atoms with Gasteiger partial charge in [0, 0.05) is 19.7 Å². The fourth-order valence-corrected chi connectivity index (χ4v) is 4.22. The lowest BCUT2D eigenvalue weighted by Gasteiger charge is -2.21. The fourth-order valence-electron chi connectivity index (χ4n) is 3.11. The molecule has 0 spiro atoms. The number of rotatable bonds is 3. The Balaban J connectivity index is 1.74. The van der Waals surface area contributed by atoms with E-state index in [2.05, 4.69) is 10.0 Å². The van der Waals surface area contributed by atoms with E-state index in [-0.39, 0.29) is 10.5 Å². The molecule has 8 heteroatoms. The lowest BCUT2D eigenvalue weighted by Crippen LogP contribution is -2.25. The van der Waals surface area contributed by atoms with E-state index < -0.39 is 15.8 Å². The van der Waals surface area contributed by atoms with Crippen LogP contribution in [-0.2, 0) is 30.0 Å². The number of fused-ring (bicyclic) bond motifs is 2. The summed E-state index contributed by atoms with van der Waals surface area (Å²) in [6.07, 6.45) is 0.765. The molecule has 130 valence electrons. The van der Waals surface area contributed by atoms with Crippen LogP contribution in [0.1, 0.15) is 11.1 Å². The van der Waals surface area contributed by atoms with E-state index in [1.807, 2.05) is 12.1 Å². The molecule has 0 atom stereocenters. The van der Waals surface area contributed by atoms with Crippen molar-refractivity contribution in [3.8, 4) is 0 Å². The highest BCUT2D eigenvalue weighted by Crippen LogP contribution is 2.26. The summed E-state index contributed by atoms with van der Waals surface area (Å²) in [6.45, 7) is 1.54. The van der Waals surface area contributed by atoms with Gasteiger partial charge in [0.05, 0.1) is 16.1 Å². The number of nitrogens with one attached hydrogen (secondary N) is 2. The van der Waals surface area contributed by atoms with E-state index >= 15 is 0 Å². The molecule has 0 amide bonds. The Kier molecular flexibility index (Phi) is 3.66. The summed E-state index contributed by atoms with van der Waals surface area (Å²) in [5.41, 5.74) is 3.49. The van der Waals surface area contributed by atoms with Gasteiger partial charge in [-0.1, -0.05) is 12.1 Å². The molecule has 2 heterocycles. The molecule has 2 aromatic carbocycles. The zero-order valence-electron chi connectivity index (χ0n) is 13.6. The van der Waals surface area contributed by atoms with E-state index in [0.717, 1.165) is 30.6 Å². The second-order valence-corrected chi connectivity index (χ2v) is 7.71. The van der Waals surface area contributed by atoms with Crippen molar-refractivity contribution < 1.29 is 12.8 Å². The summed E-state index contributed by atoms with van der Waals surface area (Å²) in [5.74, 6) is -0.526. The van der Waals surface area contributed by atoms with E-state index in [1.54, 1.807) is 19.2 Å². The van der Waals surface area contributed by atoms with Crippen LogP contribution >= 0.6 is 0 Å². The third-order valence-corrected chi connectivity index (χ3v) is 5.82. The highest BCUT2D eigenvalue weighted by molar-refractivity contribution is 7.92. The Bertz CT molecular complexity index is 1130. The number of nitrogens with zero attached hydrogens (tertiary/aromatic N) is 1. The first-order valence-corrected chi connectivity index (χ1v) is 9.38. The Morgan fingerprint density at radius 3 is 2.92 bits per heavy atom. The predicted molar refractivity (Wildman–Crippen MR) is 94.1 cm³/mol. The molecule has 0 radical (unpaired) electrons. The Morgan fingerprint density at radius 2 is 2.08 bits per heavy atom. The van der Waals surface area contributed by atoms with Crippen LogP contribution in [0.15, 0.2) is 50.5 Å². The SMILES string of the molecule is Cn1c(=O)oc2cc(S(=O)(=O)Nc3cccc4c3CCNC4)ccc21. The molecule has 4 rings (SSSR count). The van der Waals surface area contributed by atoms with Crippen molar-refractivity contribution >= 4 is 26.8 Å². The van der Waals surface area contributed by atoms with Crippen LogP contribution in [0.3, 0.4) is 0 Å². The number of sulfonamides is 1. The van der Waals surface area contributed by atoms with Crippen molar-refractivity contribution in [2.75, 3.05) is 11.3 Å². The Hall–Kier alpha value is -2.58. The highest BCUT2D eigenvalue weighted by Gasteiger charge is 2.20. The Labute approximate surface area is 144 Å². The molecule has 0 aliphatic carbocycles. The van der Waals surface area contributed by atoms with Crippen LogP contribution < -0.4 is 15.8 Å². The minimum Gasteiger partial charge on any atom is -0.408 e. The smallest absolute Gasteiger partial charge is 0.408 e. The molecular weight excluding hydrogens is 342 g/mol. The van der Waals surface area contributed by atoms with E-state index in [1.165, 1.54) is 16.7 Å². The summed E-state index contributed by atoms with van der Waals surface area (Å²) in [5, 5.41) is 3.27. The van der Waals surface area contributed by atoms with Crippen LogP contribution in [0.25, 0.3) is 11.1 Å². The predicted octanol–water partition coefficient (Wildman–Crippen LogP) is 1.58. The molecule has 7 nitrogen and oxygen atoms in total. The molecule has 0 saturated heterocycles. The second kappa shape index (κ2) is 5.75. The topological polar surface area (TPSA) is 93.3 Å². The second-order valence-electron chi connectivity index (χ2n) is 6.03. The van der Waals surface area contributed by atoms with Gasteiger partial charge in [-0.25, -0.2) is 13.2 Å². The maximum atomic E-state index is 12.8.